The van der Waals surface area contributed by atoms with Crippen molar-refractivity contribution in [3.8, 4) is 0 Å². The van der Waals surface area contributed by atoms with Crippen molar-refractivity contribution in [2.75, 3.05) is 0 Å². The van der Waals surface area contributed by atoms with E-state index in [1.807, 2.05) is 0 Å². The molecule has 0 aromatic heterocycles. The molecule has 2 aromatic carbocycles. The largest absolute Gasteiger partial charge is 0.124 e. The molecule has 0 amide bonds. The van der Waals surface area contributed by atoms with E-state index in [1.54, 1.807) is 0 Å². The highest BCUT2D eigenvalue weighted by Gasteiger charge is 2.61. The average Bonchev–Trinajstić information content (AvgIpc) is 3.09. The van der Waals surface area contributed by atoms with Gasteiger partial charge >= 0.3 is 0 Å². The topological polar surface area (TPSA) is 0 Å². The fourth-order valence-corrected chi connectivity index (χ4v) is 4.51. The Labute approximate surface area is 149 Å². The van der Waals surface area contributed by atoms with Gasteiger partial charge in [-0.1, -0.05) is 60.7 Å². The smallest absolute Gasteiger partial charge is 0.101 e. The Hall–Kier alpha value is -0.980. The van der Waals surface area contributed by atoms with E-state index in [9.17, 15) is 0 Å². The van der Waals surface area contributed by atoms with Crippen molar-refractivity contribution >= 4 is 23.2 Å². The number of hydrogen-bond acceptors (Lipinski definition) is 0. The van der Waals surface area contributed by atoms with E-state index in [0.717, 1.165) is 25.7 Å². The lowest BCUT2D eigenvalue weighted by Gasteiger charge is -2.02. The van der Waals surface area contributed by atoms with Crippen molar-refractivity contribution in [2.24, 2.45) is 11.8 Å². The van der Waals surface area contributed by atoms with Gasteiger partial charge in [-0.3, -0.25) is 0 Å². The molecule has 0 spiro atoms. The molecule has 1 fully saturated rings. The quantitative estimate of drug-likeness (QED) is 0.481. The number of halogens is 2. The Bertz CT molecular complexity index is 538. The third-order valence-corrected chi connectivity index (χ3v) is 6.13. The van der Waals surface area contributed by atoms with Crippen molar-refractivity contribution in [3.63, 3.8) is 0 Å². The van der Waals surface area contributed by atoms with Crippen LogP contribution >= 0.6 is 23.2 Å². The summed E-state index contributed by atoms with van der Waals surface area (Å²) in [4.78, 5) is 0. The van der Waals surface area contributed by atoms with Crippen LogP contribution in [0.5, 0.6) is 0 Å². The first-order valence-electron chi connectivity index (χ1n) is 8.63. The van der Waals surface area contributed by atoms with Gasteiger partial charge in [0.05, 0.1) is 0 Å². The van der Waals surface area contributed by atoms with Crippen LogP contribution in [0.15, 0.2) is 60.7 Å². The van der Waals surface area contributed by atoms with Crippen molar-refractivity contribution in [2.45, 2.75) is 42.9 Å². The molecule has 2 heteroatoms. The summed E-state index contributed by atoms with van der Waals surface area (Å²) < 4.78 is -0.479. The molecule has 0 saturated heterocycles. The third kappa shape index (κ3) is 4.52. The Morgan fingerprint density at radius 3 is 1.43 bits per heavy atom. The molecule has 0 radical (unpaired) electrons. The monoisotopic (exact) mass is 346 g/mol. The second-order valence-corrected chi connectivity index (χ2v) is 8.09. The van der Waals surface area contributed by atoms with Gasteiger partial charge in [0.2, 0.25) is 0 Å². The summed E-state index contributed by atoms with van der Waals surface area (Å²) in [7, 11) is 0. The van der Waals surface area contributed by atoms with Crippen LogP contribution in [-0.2, 0) is 12.8 Å². The zero-order valence-corrected chi connectivity index (χ0v) is 14.9. The van der Waals surface area contributed by atoms with Gasteiger partial charge < -0.3 is 0 Å². The summed E-state index contributed by atoms with van der Waals surface area (Å²) >= 11 is 13.0. The molecule has 122 valence electrons. The SMILES string of the molecule is ClC1(Cl)[C@H](CCCc2ccccc2)[C@@H]1CCCc1ccccc1. The van der Waals surface area contributed by atoms with Crippen molar-refractivity contribution < 1.29 is 0 Å². The number of rotatable bonds is 8. The van der Waals surface area contributed by atoms with Crippen LogP contribution in [0.4, 0.5) is 0 Å². The Balaban J connectivity index is 1.39. The van der Waals surface area contributed by atoms with Crippen LogP contribution in [0.1, 0.15) is 36.8 Å². The number of hydrogen-bond donors (Lipinski definition) is 0. The summed E-state index contributed by atoms with van der Waals surface area (Å²) in [6.45, 7) is 0. The second-order valence-electron chi connectivity index (χ2n) is 6.64. The second kappa shape index (κ2) is 7.73. The molecule has 0 nitrogen and oxygen atoms in total. The highest BCUT2D eigenvalue weighted by atomic mass is 35.5. The van der Waals surface area contributed by atoms with E-state index in [1.165, 1.54) is 24.0 Å². The van der Waals surface area contributed by atoms with E-state index < -0.39 is 4.33 Å². The molecule has 1 aliphatic rings. The van der Waals surface area contributed by atoms with E-state index in [4.69, 9.17) is 23.2 Å². The zero-order chi connectivity index (χ0) is 16.1. The van der Waals surface area contributed by atoms with Gasteiger partial charge in [0.1, 0.15) is 4.33 Å². The number of aryl methyl sites for hydroxylation is 2. The lowest BCUT2D eigenvalue weighted by Crippen LogP contribution is -1.93. The van der Waals surface area contributed by atoms with Crippen molar-refractivity contribution in [3.05, 3.63) is 71.8 Å². The fourth-order valence-electron chi connectivity index (χ4n) is 3.59. The van der Waals surface area contributed by atoms with Crippen molar-refractivity contribution in [1.82, 2.24) is 0 Å². The minimum Gasteiger partial charge on any atom is -0.101 e. The lowest BCUT2D eigenvalue weighted by molar-refractivity contribution is 0.566. The normalized spacial score (nSPS) is 22.0. The molecule has 0 unspecified atom stereocenters. The number of alkyl halides is 2. The predicted molar refractivity (Wildman–Crippen MR) is 100 cm³/mol. The highest BCUT2D eigenvalue weighted by molar-refractivity contribution is 6.51. The molecule has 1 aliphatic carbocycles. The Morgan fingerprint density at radius 1 is 0.652 bits per heavy atom. The van der Waals surface area contributed by atoms with Crippen LogP contribution in [0.3, 0.4) is 0 Å². The molecule has 0 aliphatic heterocycles. The molecule has 0 N–H and O–H groups in total. The molecular weight excluding hydrogens is 323 g/mol. The molecule has 2 aromatic rings. The van der Waals surface area contributed by atoms with E-state index in [2.05, 4.69) is 60.7 Å². The summed E-state index contributed by atoms with van der Waals surface area (Å²) in [6, 6.07) is 21.3. The maximum atomic E-state index is 6.50. The van der Waals surface area contributed by atoms with Crippen LogP contribution in [0.2, 0.25) is 0 Å². The highest BCUT2D eigenvalue weighted by Crippen LogP contribution is 2.63. The van der Waals surface area contributed by atoms with Gasteiger partial charge in [-0.25, -0.2) is 0 Å². The maximum absolute atomic E-state index is 6.50. The zero-order valence-electron chi connectivity index (χ0n) is 13.4. The van der Waals surface area contributed by atoms with Gasteiger partial charge in [0.15, 0.2) is 0 Å². The summed E-state index contributed by atoms with van der Waals surface area (Å²) in [5, 5.41) is 0. The van der Waals surface area contributed by atoms with Crippen LogP contribution in [0.25, 0.3) is 0 Å². The lowest BCUT2D eigenvalue weighted by atomic mass is 10.0. The van der Waals surface area contributed by atoms with E-state index in [-0.39, 0.29) is 0 Å². The van der Waals surface area contributed by atoms with Crippen LogP contribution < -0.4 is 0 Å². The first-order chi connectivity index (χ1) is 11.2. The van der Waals surface area contributed by atoms with E-state index in [0.29, 0.717) is 11.8 Å². The first kappa shape index (κ1) is 16.9. The molecule has 1 saturated carbocycles. The van der Waals surface area contributed by atoms with E-state index >= 15 is 0 Å². The minimum absolute atomic E-state index is 0.477. The molecule has 23 heavy (non-hydrogen) atoms. The van der Waals surface area contributed by atoms with Gasteiger partial charge in [-0.05, 0) is 61.5 Å². The molecule has 0 heterocycles. The summed E-state index contributed by atoms with van der Waals surface area (Å²) in [5.41, 5.74) is 2.81. The van der Waals surface area contributed by atoms with Gasteiger partial charge in [-0.15, -0.1) is 23.2 Å². The molecule has 2 atom stereocenters. The van der Waals surface area contributed by atoms with Crippen molar-refractivity contribution in [1.29, 1.82) is 0 Å². The summed E-state index contributed by atoms with van der Waals surface area (Å²) in [6.07, 6.45) is 6.86. The fraction of sp³-hybridized carbons (Fsp3) is 0.429. The predicted octanol–water partition coefficient (Wildman–Crippen LogP) is 6.45. The van der Waals surface area contributed by atoms with Gasteiger partial charge in [-0.2, -0.15) is 0 Å². The molecular formula is C21H24Cl2. The summed E-state index contributed by atoms with van der Waals surface area (Å²) in [5.74, 6) is 0.954. The maximum Gasteiger partial charge on any atom is 0.124 e. The molecule has 0 bridgehead atoms. The van der Waals surface area contributed by atoms with Crippen LogP contribution in [0, 0.1) is 11.8 Å². The van der Waals surface area contributed by atoms with Gasteiger partial charge in [0.25, 0.3) is 0 Å². The standard InChI is InChI=1S/C21H24Cl2/c22-21(23)19(15-7-13-17-9-3-1-4-10-17)20(21)16-8-14-18-11-5-2-6-12-18/h1-6,9-12,19-20H,7-8,13-16H2/t19-,20+. The minimum atomic E-state index is -0.479. The Morgan fingerprint density at radius 2 is 1.04 bits per heavy atom. The number of benzene rings is 2. The average molecular weight is 347 g/mol. The third-order valence-electron chi connectivity index (χ3n) is 5.01. The Kier molecular flexibility index (Phi) is 5.67. The van der Waals surface area contributed by atoms with Gasteiger partial charge in [0, 0.05) is 0 Å². The molecule has 3 rings (SSSR count). The van der Waals surface area contributed by atoms with Crippen LogP contribution in [-0.4, -0.2) is 4.33 Å². The first-order valence-corrected chi connectivity index (χ1v) is 9.39.